The Balaban J connectivity index is 0.000000157. The Morgan fingerprint density at radius 1 is 0.333 bits per heavy atom. The maximum atomic E-state index is 10.3. The number of benzene rings is 3. The zero-order chi connectivity index (χ0) is 15.3. The predicted octanol–water partition coefficient (Wildman–Crippen LogP) is 2.28. The molecule has 0 aliphatic rings. The van der Waals surface area contributed by atoms with Crippen molar-refractivity contribution in [1.29, 1.82) is 0 Å². The van der Waals surface area contributed by atoms with E-state index in [1.165, 1.54) is 36.4 Å². The van der Waals surface area contributed by atoms with Crippen molar-refractivity contribution in [1.82, 2.24) is 0 Å². The summed E-state index contributed by atoms with van der Waals surface area (Å²) in [4.78, 5) is 0. The van der Waals surface area contributed by atoms with Gasteiger partial charge < -0.3 is 15.3 Å². The third-order valence-corrected chi connectivity index (χ3v) is 2.23. The molecule has 108 valence electrons. The van der Waals surface area contributed by atoms with Crippen molar-refractivity contribution in [3.63, 3.8) is 0 Å². The standard InChI is InChI=1S/3C6H6O/c3*7-6-4-2-1-3-5-6/h3*1-5,7H/p-3. The summed E-state index contributed by atoms with van der Waals surface area (Å²) in [6.07, 6.45) is 0. The van der Waals surface area contributed by atoms with E-state index in [1.54, 1.807) is 36.4 Å². The van der Waals surface area contributed by atoms with Crippen molar-refractivity contribution in [2.24, 2.45) is 0 Å². The highest BCUT2D eigenvalue weighted by Gasteiger charge is 1.66. The first kappa shape index (κ1) is 16.1. The lowest BCUT2D eigenvalue weighted by Crippen LogP contribution is -1.85. The summed E-state index contributed by atoms with van der Waals surface area (Å²) in [6.45, 7) is 0. The van der Waals surface area contributed by atoms with E-state index >= 15 is 0 Å². The van der Waals surface area contributed by atoms with Gasteiger partial charge in [-0.05, 0) is 0 Å². The van der Waals surface area contributed by atoms with Crippen LogP contribution < -0.4 is 15.3 Å². The first-order chi connectivity index (χ1) is 10.2. The minimum absolute atomic E-state index is 0.0718. The third-order valence-electron chi connectivity index (χ3n) is 2.23. The summed E-state index contributed by atoms with van der Waals surface area (Å²) in [7, 11) is 0. The Hall–Kier alpha value is -2.94. The molecular weight excluding hydrogens is 264 g/mol. The van der Waals surface area contributed by atoms with Crippen LogP contribution in [-0.2, 0) is 0 Å². The van der Waals surface area contributed by atoms with E-state index in [2.05, 4.69) is 0 Å². The molecule has 0 heterocycles. The van der Waals surface area contributed by atoms with Gasteiger partial charge in [-0.3, -0.25) is 0 Å². The van der Waals surface area contributed by atoms with Crippen LogP contribution in [0.15, 0.2) is 91.0 Å². The van der Waals surface area contributed by atoms with Crippen LogP contribution in [0.3, 0.4) is 0 Å². The van der Waals surface area contributed by atoms with Crippen molar-refractivity contribution in [2.45, 2.75) is 0 Å². The molecule has 0 saturated heterocycles. The van der Waals surface area contributed by atoms with Crippen molar-refractivity contribution in [3.05, 3.63) is 91.0 Å². The Morgan fingerprint density at radius 3 is 0.619 bits per heavy atom. The maximum Gasteiger partial charge on any atom is -0.0623 e. The molecule has 21 heavy (non-hydrogen) atoms. The lowest BCUT2D eigenvalue weighted by molar-refractivity contribution is -0.269. The van der Waals surface area contributed by atoms with Gasteiger partial charge in [0.1, 0.15) is 0 Å². The van der Waals surface area contributed by atoms with Crippen LogP contribution >= 0.6 is 0 Å². The van der Waals surface area contributed by atoms with Crippen LogP contribution in [0.1, 0.15) is 0 Å². The molecule has 0 aliphatic carbocycles. The maximum absolute atomic E-state index is 10.3. The van der Waals surface area contributed by atoms with Gasteiger partial charge in [-0.15, -0.1) is 17.2 Å². The zero-order valence-corrected chi connectivity index (χ0v) is 11.4. The van der Waals surface area contributed by atoms with E-state index in [4.69, 9.17) is 0 Å². The highest BCUT2D eigenvalue weighted by molar-refractivity contribution is 5.18. The molecular formula is C18H15O3-3. The van der Waals surface area contributed by atoms with Gasteiger partial charge in [0, 0.05) is 0 Å². The first-order valence-electron chi connectivity index (χ1n) is 6.34. The second-order valence-electron chi connectivity index (χ2n) is 3.94. The molecule has 0 aliphatic heterocycles. The van der Waals surface area contributed by atoms with Crippen LogP contribution in [0.4, 0.5) is 0 Å². The Labute approximate surface area is 124 Å². The highest BCUT2D eigenvalue weighted by atomic mass is 16.3. The van der Waals surface area contributed by atoms with Crippen molar-refractivity contribution in [3.8, 4) is 17.2 Å². The number of hydrogen-bond donors (Lipinski definition) is 0. The summed E-state index contributed by atoms with van der Waals surface area (Å²) in [6, 6.07) is 25.0. The fraction of sp³-hybridized carbons (Fsp3) is 0. The molecule has 0 saturated carbocycles. The molecule has 3 heteroatoms. The summed E-state index contributed by atoms with van der Waals surface area (Å²) in [5.41, 5.74) is 0. The van der Waals surface area contributed by atoms with Gasteiger partial charge in [0.2, 0.25) is 0 Å². The van der Waals surface area contributed by atoms with Gasteiger partial charge in [-0.2, -0.15) is 0 Å². The van der Waals surface area contributed by atoms with Crippen LogP contribution in [0.5, 0.6) is 17.2 Å². The minimum Gasteiger partial charge on any atom is -0.872 e. The Morgan fingerprint density at radius 2 is 0.524 bits per heavy atom. The molecule has 0 amide bonds. The van der Waals surface area contributed by atoms with Gasteiger partial charge in [-0.25, -0.2) is 0 Å². The molecule has 0 aromatic heterocycles. The second kappa shape index (κ2) is 9.92. The number of hydrogen-bond acceptors (Lipinski definition) is 3. The minimum atomic E-state index is 0.0718. The van der Waals surface area contributed by atoms with Crippen molar-refractivity contribution in [2.75, 3.05) is 0 Å². The molecule has 3 nitrogen and oxygen atoms in total. The molecule has 0 fully saturated rings. The average molecular weight is 279 g/mol. The summed E-state index contributed by atoms with van der Waals surface area (Å²) in [5.74, 6) is 0.215. The van der Waals surface area contributed by atoms with Gasteiger partial charge >= 0.3 is 0 Å². The third kappa shape index (κ3) is 8.72. The van der Waals surface area contributed by atoms with E-state index < -0.39 is 0 Å². The van der Waals surface area contributed by atoms with Crippen LogP contribution in [0, 0.1) is 0 Å². The monoisotopic (exact) mass is 279 g/mol. The van der Waals surface area contributed by atoms with Gasteiger partial charge in [-0.1, -0.05) is 91.0 Å². The topological polar surface area (TPSA) is 69.2 Å². The Kier molecular flexibility index (Phi) is 7.61. The lowest BCUT2D eigenvalue weighted by Gasteiger charge is -1.98. The highest BCUT2D eigenvalue weighted by Crippen LogP contribution is 1.99. The van der Waals surface area contributed by atoms with E-state index in [0.717, 1.165) is 0 Å². The van der Waals surface area contributed by atoms with Crippen LogP contribution in [0.2, 0.25) is 0 Å². The number of para-hydroxylation sites is 3. The van der Waals surface area contributed by atoms with Gasteiger partial charge in [0.15, 0.2) is 0 Å². The summed E-state index contributed by atoms with van der Waals surface area (Å²) >= 11 is 0. The summed E-state index contributed by atoms with van der Waals surface area (Å²) < 4.78 is 0. The predicted molar refractivity (Wildman–Crippen MR) is 77.7 cm³/mol. The molecule has 0 radical (unpaired) electrons. The molecule has 0 atom stereocenters. The lowest BCUT2D eigenvalue weighted by atomic mass is 10.3. The van der Waals surface area contributed by atoms with E-state index in [9.17, 15) is 15.3 Å². The Bertz CT molecular complexity index is 491. The zero-order valence-electron chi connectivity index (χ0n) is 11.4. The normalized spacial score (nSPS) is 8.57. The fourth-order valence-electron chi connectivity index (χ4n) is 1.26. The fourth-order valence-corrected chi connectivity index (χ4v) is 1.26. The molecule has 0 N–H and O–H groups in total. The first-order valence-corrected chi connectivity index (χ1v) is 6.34. The molecule has 0 unspecified atom stereocenters. The molecule has 3 rings (SSSR count). The quantitative estimate of drug-likeness (QED) is 0.634. The number of rotatable bonds is 0. The van der Waals surface area contributed by atoms with E-state index in [-0.39, 0.29) is 17.2 Å². The van der Waals surface area contributed by atoms with Crippen molar-refractivity contribution < 1.29 is 15.3 Å². The van der Waals surface area contributed by atoms with Crippen LogP contribution in [-0.4, -0.2) is 0 Å². The largest absolute Gasteiger partial charge is 0.872 e. The SMILES string of the molecule is [O-]c1ccccc1.[O-]c1ccccc1.[O-]c1ccccc1. The van der Waals surface area contributed by atoms with E-state index in [0.29, 0.717) is 0 Å². The van der Waals surface area contributed by atoms with Crippen LogP contribution in [0.25, 0.3) is 0 Å². The summed E-state index contributed by atoms with van der Waals surface area (Å²) in [5, 5.41) is 30.8. The molecule has 3 aromatic rings. The van der Waals surface area contributed by atoms with Gasteiger partial charge in [0.25, 0.3) is 0 Å². The van der Waals surface area contributed by atoms with E-state index in [1.807, 2.05) is 18.2 Å². The second-order valence-corrected chi connectivity index (χ2v) is 3.94. The molecule has 0 spiro atoms. The van der Waals surface area contributed by atoms with Crippen molar-refractivity contribution >= 4 is 0 Å². The molecule has 3 aromatic carbocycles. The average Bonchev–Trinajstić information content (AvgIpc) is 2.51. The van der Waals surface area contributed by atoms with Gasteiger partial charge in [0.05, 0.1) is 0 Å². The molecule has 0 bridgehead atoms. The smallest absolute Gasteiger partial charge is 0.0623 e.